The molecule has 0 radical (unpaired) electrons. The molecule has 0 aromatic heterocycles. The van der Waals surface area contributed by atoms with Crippen LogP contribution in [0.15, 0.2) is 5.16 Å². The lowest BCUT2D eigenvalue weighted by atomic mass is 10.3. The average molecular weight is 261 g/mol. The quantitative estimate of drug-likeness (QED) is 0.331. The van der Waals surface area contributed by atoms with Crippen molar-refractivity contribution in [1.29, 1.82) is 0 Å². The largest absolute Gasteiger partial charge is 0.532 e. The lowest BCUT2D eigenvalue weighted by molar-refractivity contribution is -0.116. The van der Waals surface area contributed by atoms with Crippen molar-refractivity contribution in [3.63, 3.8) is 0 Å². The number of hydrogen-bond donors (Lipinski definition) is 0. The second-order valence-corrected chi connectivity index (χ2v) is 14.6. The maximum absolute atomic E-state index is 11.1. The van der Waals surface area contributed by atoms with E-state index in [4.69, 9.17) is 8.95 Å². The summed E-state index contributed by atoms with van der Waals surface area (Å²) >= 11 is 0. The van der Waals surface area contributed by atoms with Gasteiger partial charge in [0.1, 0.15) is 5.78 Å². The summed E-state index contributed by atoms with van der Waals surface area (Å²) in [5.41, 5.74) is 0. The minimum absolute atomic E-state index is 0.0381. The van der Waals surface area contributed by atoms with E-state index >= 15 is 0 Å². The Morgan fingerprint density at radius 3 is 1.88 bits per heavy atom. The van der Waals surface area contributed by atoms with Gasteiger partial charge in [0.05, 0.1) is 6.42 Å². The first-order valence-corrected chi connectivity index (χ1v) is 12.2. The Labute approximate surface area is 100 Å². The maximum atomic E-state index is 11.1. The van der Waals surface area contributed by atoms with Crippen molar-refractivity contribution in [2.45, 2.75) is 52.6 Å². The summed E-state index contributed by atoms with van der Waals surface area (Å²) in [5.74, 6) is 0.463. The van der Waals surface area contributed by atoms with Crippen molar-refractivity contribution in [3.05, 3.63) is 0 Å². The van der Waals surface area contributed by atoms with Crippen LogP contribution in [-0.4, -0.2) is 28.3 Å². The van der Waals surface area contributed by atoms with E-state index in [-0.39, 0.29) is 12.2 Å². The maximum Gasteiger partial charge on any atom is 0.278 e. The standard InChI is InChI=1S/C10H23NO3Si2/c1-9(12)8-10(13-15(2,3)4)11-14-16(5,6)7/h8H2,1-7H3/b11-10+. The van der Waals surface area contributed by atoms with Gasteiger partial charge in [0.25, 0.3) is 8.32 Å². The van der Waals surface area contributed by atoms with Gasteiger partial charge in [-0.2, -0.15) is 0 Å². The van der Waals surface area contributed by atoms with Crippen LogP contribution in [-0.2, 0) is 13.7 Å². The van der Waals surface area contributed by atoms with E-state index in [9.17, 15) is 4.79 Å². The highest BCUT2D eigenvalue weighted by Crippen LogP contribution is 2.09. The monoisotopic (exact) mass is 261 g/mol. The number of carbonyl (C=O) groups is 1. The fourth-order valence-electron chi connectivity index (χ4n) is 0.841. The van der Waals surface area contributed by atoms with Crippen molar-refractivity contribution in [2.24, 2.45) is 5.16 Å². The lowest BCUT2D eigenvalue weighted by Crippen LogP contribution is -2.31. The zero-order valence-electron chi connectivity index (χ0n) is 11.4. The normalized spacial score (nSPS) is 13.6. The Bertz CT molecular complexity index is 277. The Kier molecular flexibility index (Phi) is 5.41. The third-order valence-electron chi connectivity index (χ3n) is 1.25. The minimum Gasteiger partial charge on any atom is -0.532 e. The molecule has 16 heavy (non-hydrogen) atoms. The van der Waals surface area contributed by atoms with Crippen LogP contribution < -0.4 is 0 Å². The zero-order valence-corrected chi connectivity index (χ0v) is 13.4. The molecule has 4 nitrogen and oxygen atoms in total. The van der Waals surface area contributed by atoms with Gasteiger partial charge in [-0.15, -0.1) is 0 Å². The van der Waals surface area contributed by atoms with E-state index in [1.54, 1.807) is 0 Å². The number of nitrogens with zero attached hydrogens (tertiary/aromatic N) is 1. The molecule has 0 heterocycles. The van der Waals surface area contributed by atoms with E-state index in [2.05, 4.69) is 24.8 Å². The molecule has 0 saturated heterocycles. The van der Waals surface area contributed by atoms with Gasteiger partial charge in [-0.1, -0.05) is 5.16 Å². The summed E-state index contributed by atoms with van der Waals surface area (Å²) in [6.45, 7) is 13.8. The van der Waals surface area contributed by atoms with Gasteiger partial charge < -0.3 is 8.95 Å². The Morgan fingerprint density at radius 1 is 1.06 bits per heavy atom. The fraction of sp³-hybridized carbons (Fsp3) is 0.800. The third kappa shape index (κ3) is 9.91. The van der Waals surface area contributed by atoms with E-state index < -0.39 is 16.6 Å². The summed E-state index contributed by atoms with van der Waals surface area (Å²) in [4.78, 5) is 11.1. The summed E-state index contributed by atoms with van der Waals surface area (Å²) in [6.07, 6.45) is 0.217. The molecule has 0 aromatic rings. The molecule has 0 rings (SSSR count). The summed E-state index contributed by atoms with van der Waals surface area (Å²) in [6, 6.07) is 0. The molecular weight excluding hydrogens is 238 g/mol. The van der Waals surface area contributed by atoms with Crippen LogP contribution in [0.2, 0.25) is 39.3 Å². The van der Waals surface area contributed by atoms with Crippen molar-refractivity contribution in [1.82, 2.24) is 0 Å². The van der Waals surface area contributed by atoms with Crippen LogP contribution in [0.25, 0.3) is 0 Å². The molecule has 0 spiro atoms. The molecule has 0 aliphatic carbocycles. The van der Waals surface area contributed by atoms with Crippen molar-refractivity contribution in [2.75, 3.05) is 0 Å². The highest BCUT2D eigenvalue weighted by atomic mass is 28.4. The molecule has 0 N–H and O–H groups in total. The first-order chi connectivity index (χ1) is 6.99. The molecule has 0 unspecified atom stereocenters. The molecule has 0 aliphatic heterocycles. The molecule has 0 saturated carbocycles. The van der Waals surface area contributed by atoms with Gasteiger partial charge in [0.15, 0.2) is 0 Å². The van der Waals surface area contributed by atoms with Crippen LogP contribution in [0.5, 0.6) is 0 Å². The van der Waals surface area contributed by atoms with Crippen LogP contribution in [0.1, 0.15) is 13.3 Å². The Hall–Kier alpha value is -0.626. The highest BCUT2D eigenvalue weighted by molar-refractivity contribution is 6.71. The molecule has 6 heteroatoms. The number of oxime groups is 1. The number of carbonyl (C=O) groups excluding carboxylic acids is 1. The van der Waals surface area contributed by atoms with Crippen LogP contribution >= 0.6 is 0 Å². The molecule has 94 valence electrons. The number of ketones is 1. The summed E-state index contributed by atoms with van der Waals surface area (Å²) < 4.78 is 11.1. The molecule has 0 bridgehead atoms. The van der Waals surface area contributed by atoms with E-state index in [1.165, 1.54) is 6.92 Å². The van der Waals surface area contributed by atoms with Crippen LogP contribution in [0.4, 0.5) is 0 Å². The molecule has 0 aliphatic rings. The van der Waals surface area contributed by atoms with E-state index in [1.807, 2.05) is 19.6 Å². The van der Waals surface area contributed by atoms with E-state index in [0.29, 0.717) is 5.90 Å². The number of Topliss-reactive ketones (excluding diaryl/α,β-unsaturated/α-hetero) is 1. The molecule has 0 aromatic carbocycles. The minimum atomic E-state index is -1.73. The first-order valence-electron chi connectivity index (χ1n) is 5.43. The Morgan fingerprint density at radius 2 is 1.56 bits per heavy atom. The number of rotatable bonds is 5. The van der Waals surface area contributed by atoms with Gasteiger partial charge in [0, 0.05) is 0 Å². The SMILES string of the molecule is CC(=O)C/C(=N\O[Si](C)(C)C)O[Si](C)(C)C. The second-order valence-electron chi connectivity index (χ2n) is 5.78. The summed E-state index contributed by atoms with van der Waals surface area (Å²) in [7, 11) is -3.44. The average Bonchev–Trinajstić information content (AvgIpc) is 1.94. The van der Waals surface area contributed by atoms with Gasteiger partial charge in [-0.25, -0.2) is 0 Å². The lowest BCUT2D eigenvalue weighted by Gasteiger charge is -2.21. The van der Waals surface area contributed by atoms with Gasteiger partial charge in [-0.05, 0) is 46.2 Å². The number of hydrogen-bond acceptors (Lipinski definition) is 4. The topological polar surface area (TPSA) is 47.9 Å². The summed E-state index contributed by atoms with van der Waals surface area (Å²) in [5, 5.41) is 3.99. The van der Waals surface area contributed by atoms with E-state index in [0.717, 1.165) is 0 Å². The molecule has 0 fully saturated rings. The predicted octanol–water partition coefficient (Wildman–Crippen LogP) is 2.98. The molecule has 0 atom stereocenters. The fourth-order valence-corrected chi connectivity index (χ4v) is 2.03. The first kappa shape index (κ1) is 15.4. The molecular formula is C10H23NO3Si2. The van der Waals surface area contributed by atoms with Crippen molar-refractivity contribution >= 4 is 28.3 Å². The van der Waals surface area contributed by atoms with Crippen molar-refractivity contribution in [3.8, 4) is 0 Å². The third-order valence-corrected chi connectivity index (χ3v) is 2.73. The van der Waals surface area contributed by atoms with Gasteiger partial charge in [0.2, 0.25) is 14.2 Å². The second kappa shape index (κ2) is 5.63. The smallest absolute Gasteiger partial charge is 0.278 e. The van der Waals surface area contributed by atoms with Crippen molar-refractivity contribution < 1.29 is 13.7 Å². The van der Waals surface area contributed by atoms with Crippen LogP contribution in [0.3, 0.4) is 0 Å². The predicted molar refractivity (Wildman–Crippen MR) is 71.6 cm³/mol. The van der Waals surface area contributed by atoms with Gasteiger partial charge >= 0.3 is 0 Å². The zero-order chi connectivity index (χ0) is 13.0. The van der Waals surface area contributed by atoms with Crippen LogP contribution in [0, 0.1) is 0 Å². The van der Waals surface area contributed by atoms with Gasteiger partial charge in [-0.3, -0.25) is 4.79 Å². The highest BCUT2D eigenvalue weighted by Gasteiger charge is 2.22. The Balaban J connectivity index is 4.60. The molecule has 0 amide bonds.